The standard InChI is InChI=1S/C7H14N2OS/c1-6(11)4-7(10)9-3-2-8-5-9/h2,6-7,10-11H,3-5H2,1H3. The number of hydrogen-bond donors (Lipinski definition) is 2. The van der Waals surface area contributed by atoms with Crippen LogP contribution in [0.5, 0.6) is 0 Å². The van der Waals surface area contributed by atoms with Gasteiger partial charge in [0.05, 0.1) is 6.67 Å². The average Bonchev–Trinajstić information content (AvgIpc) is 2.35. The molecular formula is C7H14N2OS. The first kappa shape index (κ1) is 9.03. The molecule has 1 aliphatic heterocycles. The molecule has 0 spiro atoms. The van der Waals surface area contributed by atoms with Crippen LogP contribution >= 0.6 is 12.6 Å². The predicted octanol–water partition coefficient (Wildman–Crippen LogP) is 0.357. The van der Waals surface area contributed by atoms with Crippen molar-refractivity contribution >= 4 is 18.8 Å². The number of aliphatic hydroxyl groups is 1. The first-order valence-electron chi connectivity index (χ1n) is 3.78. The second kappa shape index (κ2) is 4.09. The summed E-state index contributed by atoms with van der Waals surface area (Å²) in [4.78, 5) is 5.92. The van der Waals surface area contributed by atoms with Gasteiger partial charge in [0.15, 0.2) is 0 Å². The van der Waals surface area contributed by atoms with Gasteiger partial charge in [0, 0.05) is 18.0 Å². The number of aliphatic imine (C=N–C) groups is 1. The van der Waals surface area contributed by atoms with Crippen molar-refractivity contribution in [3.05, 3.63) is 0 Å². The van der Waals surface area contributed by atoms with Gasteiger partial charge in [-0.2, -0.15) is 12.6 Å². The molecule has 1 heterocycles. The second-order valence-corrected chi connectivity index (χ2v) is 3.72. The smallest absolute Gasteiger partial charge is 0.110 e. The Labute approximate surface area is 72.5 Å². The molecule has 1 rings (SSSR count). The molecule has 0 aromatic carbocycles. The summed E-state index contributed by atoms with van der Waals surface area (Å²) < 4.78 is 0. The molecule has 3 nitrogen and oxygen atoms in total. The van der Waals surface area contributed by atoms with E-state index in [9.17, 15) is 5.11 Å². The maximum Gasteiger partial charge on any atom is 0.110 e. The van der Waals surface area contributed by atoms with E-state index in [0.29, 0.717) is 13.1 Å². The molecule has 0 bridgehead atoms. The minimum absolute atomic E-state index is 0.241. The Hall–Kier alpha value is -0.0600. The van der Waals surface area contributed by atoms with Gasteiger partial charge in [-0.1, -0.05) is 6.92 Å². The number of hydrogen-bond acceptors (Lipinski definition) is 4. The molecule has 1 N–H and O–H groups in total. The lowest BCUT2D eigenvalue weighted by atomic mass is 10.3. The zero-order valence-corrected chi connectivity index (χ0v) is 7.54. The maximum absolute atomic E-state index is 9.52. The Morgan fingerprint density at radius 2 is 2.55 bits per heavy atom. The Balaban J connectivity index is 2.24. The van der Waals surface area contributed by atoms with E-state index in [0.717, 1.165) is 6.54 Å². The number of rotatable bonds is 3. The van der Waals surface area contributed by atoms with Gasteiger partial charge in [-0.25, -0.2) is 0 Å². The van der Waals surface area contributed by atoms with Crippen molar-refractivity contribution in [1.82, 2.24) is 4.90 Å². The summed E-state index contributed by atoms with van der Waals surface area (Å²) in [5, 5.41) is 9.76. The predicted molar refractivity (Wildman–Crippen MR) is 49.1 cm³/mol. The van der Waals surface area contributed by atoms with Gasteiger partial charge in [-0.3, -0.25) is 9.89 Å². The van der Waals surface area contributed by atoms with Crippen LogP contribution in [0.15, 0.2) is 4.99 Å². The Morgan fingerprint density at radius 1 is 1.82 bits per heavy atom. The molecule has 0 radical (unpaired) electrons. The molecule has 11 heavy (non-hydrogen) atoms. The van der Waals surface area contributed by atoms with Crippen LogP contribution in [0.3, 0.4) is 0 Å². The van der Waals surface area contributed by atoms with Crippen molar-refractivity contribution in [3.8, 4) is 0 Å². The fourth-order valence-corrected chi connectivity index (χ4v) is 1.24. The van der Waals surface area contributed by atoms with E-state index in [1.54, 1.807) is 0 Å². The fourth-order valence-electron chi connectivity index (χ4n) is 1.05. The van der Waals surface area contributed by atoms with Gasteiger partial charge in [0.1, 0.15) is 6.23 Å². The minimum atomic E-state index is -0.384. The third kappa shape index (κ3) is 2.81. The zero-order chi connectivity index (χ0) is 8.27. The molecule has 2 atom stereocenters. The molecule has 0 saturated carbocycles. The topological polar surface area (TPSA) is 35.8 Å². The highest BCUT2D eigenvalue weighted by molar-refractivity contribution is 7.80. The first-order valence-corrected chi connectivity index (χ1v) is 4.30. The Bertz CT molecular complexity index is 141. The highest BCUT2D eigenvalue weighted by Crippen LogP contribution is 2.09. The first-order chi connectivity index (χ1) is 5.20. The monoisotopic (exact) mass is 174 g/mol. The SMILES string of the molecule is CC(S)CC(O)N1CC=NC1. The van der Waals surface area contributed by atoms with Gasteiger partial charge in [0.25, 0.3) is 0 Å². The van der Waals surface area contributed by atoms with E-state index in [1.807, 2.05) is 18.0 Å². The van der Waals surface area contributed by atoms with Crippen LogP contribution in [0.4, 0.5) is 0 Å². The van der Waals surface area contributed by atoms with Crippen LogP contribution in [-0.2, 0) is 0 Å². The van der Waals surface area contributed by atoms with E-state index >= 15 is 0 Å². The van der Waals surface area contributed by atoms with E-state index in [1.165, 1.54) is 0 Å². The largest absolute Gasteiger partial charge is 0.378 e. The van der Waals surface area contributed by atoms with Crippen LogP contribution in [0.2, 0.25) is 0 Å². The summed E-state index contributed by atoms with van der Waals surface area (Å²) in [5.74, 6) is 0. The highest BCUT2D eigenvalue weighted by atomic mass is 32.1. The summed E-state index contributed by atoms with van der Waals surface area (Å²) in [7, 11) is 0. The quantitative estimate of drug-likeness (QED) is 0.606. The molecular weight excluding hydrogens is 160 g/mol. The number of thiol groups is 1. The van der Waals surface area contributed by atoms with Gasteiger partial charge in [-0.05, 0) is 6.42 Å². The van der Waals surface area contributed by atoms with Crippen molar-refractivity contribution in [2.24, 2.45) is 4.99 Å². The molecule has 2 unspecified atom stereocenters. The van der Waals surface area contributed by atoms with Crippen molar-refractivity contribution in [2.45, 2.75) is 24.8 Å². The molecule has 0 fully saturated rings. The summed E-state index contributed by atoms with van der Waals surface area (Å²) in [6.07, 6.45) is 2.14. The van der Waals surface area contributed by atoms with Crippen LogP contribution in [0.1, 0.15) is 13.3 Å². The third-order valence-corrected chi connectivity index (χ3v) is 1.89. The van der Waals surface area contributed by atoms with Gasteiger partial charge in [-0.15, -0.1) is 0 Å². The van der Waals surface area contributed by atoms with E-state index < -0.39 is 0 Å². The van der Waals surface area contributed by atoms with Crippen molar-refractivity contribution in [3.63, 3.8) is 0 Å². The molecule has 1 aliphatic rings. The molecule has 0 saturated heterocycles. The van der Waals surface area contributed by atoms with Gasteiger partial charge >= 0.3 is 0 Å². The zero-order valence-electron chi connectivity index (χ0n) is 6.64. The Morgan fingerprint density at radius 3 is 3.00 bits per heavy atom. The van der Waals surface area contributed by atoms with Crippen LogP contribution < -0.4 is 0 Å². The van der Waals surface area contributed by atoms with E-state index in [4.69, 9.17) is 0 Å². The summed E-state index contributed by atoms with van der Waals surface area (Å²) >= 11 is 4.20. The normalized spacial score (nSPS) is 23.9. The second-order valence-electron chi connectivity index (χ2n) is 2.84. The molecule has 0 aliphatic carbocycles. The number of nitrogens with zero attached hydrogens (tertiary/aromatic N) is 2. The fraction of sp³-hybridized carbons (Fsp3) is 0.857. The summed E-state index contributed by atoms with van der Waals surface area (Å²) in [6, 6.07) is 0. The molecule has 4 heteroatoms. The van der Waals surface area contributed by atoms with Crippen LogP contribution in [-0.4, -0.2) is 40.9 Å². The summed E-state index contributed by atoms with van der Waals surface area (Å²) in [6.45, 7) is 3.37. The van der Waals surface area contributed by atoms with Crippen molar-refractivity contribution < 1.29 is 5.11 Å². The lowest BCUT2D eigenvalue weighted by Gasteiger charge is -2.22. The van der Waals surface area contributed by atoms with Gasteiger partial charge < -0.3 is 5.11 Å². The molecule has 0 amide bonds. The van der Waals surface area contributed by atoms with E-state index in [-0.39, 0.29) is 11.5 Å². The van der Waals surface area contributed by atoms with Crippen LogP contribution in [0.25, 0.3) is 0 Å². The third-order valence-electron chi connectivity index (χ3n) is 1.68. The van der Waals surface area contributed by atoms with E-state index in [2.05, 4.69) is 17.6 Å². The minimum Gasteiger partial charge on any atom is -0.378 e. The van der Waals surface area contributed by atoms with Crippen LogP contribution in [0, 0.1) is 0 Å². The molecule has 0 aromatic heterocycles. The van der Waals surface area contributed by atoms with Crippen molar-refractivity contribution in [1.29, 1.82) is 0 Å². The summed E-state index contributed by atoms with van der Waals surface area (Å²) in [5.41, 5.74) is 0. The number of aliphatic hydroxyl groups excluding tert-OH is 1. The molecule has 0 aromatic rings. The van der Waals surface area contributed by atoms with Crippen molar-refractivity contribution in [2.75, 3.05) is 13.2 Å². The maximum atomic E-state index is 9.52. The molecule has 64 valence electrons. The lowest BCUT2D eigenvalue weighted by molar-refractivity contribution is 0.0165. The highest BCUT2D eigenvalue weighted by Gasteiger charge is 2.17. The average molecular weight is 174 g/mol. The Kier molecular flexibility index (Phi) is 3.36. The lowest BCUT2D eigenvalue weighted by Crippen LogP contribution is -2.34. The van der Waals surface area contributed by atoms with Gasteiger partial charge in [0.2, 0.25) is 0 Å².